The van der Waals surface area contributed by atoms with Crippen LogP contribution in [0.1, 0.15) is 12.5 Å². The van der Waals surface area contributed by atoms with Crippen molar-refractivity contribution in [3.63, 3.8) is 0 Å². The van der Waals surface area contributed by atoms with Crippen LogP contribution < -0.4 is 14.8 Å². The van der Waals surface area contributed by atoms with Crippen molar-refractivity contribution in [2.24, 2.45) is 0 Å². The number of hydrogen-bond acceptors (Lipinski definition) is 4. The Bertz CT molecular complexity index is 526. The number of amides is 1. The summed E-state index contributed by atoms with van der Waals surface area (Å²) in [5, 5.41) is 11.3. The predicted octanol–water partition coefficient (Wildman–Crippen LogP) is 1.09. The minimum Gasteiger partial charge on any atom is -0.490 e. The molecule has 0 aliphatic rings. The van der Waals surface area contributed by atoms with Gasteiger partial charge >= 0.3 is 0 Å². The highest BCUT2D eigenvalue weighted by Crippen LogP contribution is 2.28. The van der Waals surface area contributed by atoms with Gasteiger partial charge in [0.1, 0.15) is 0 Å². The molecule has 19 heavy (non-hydrogen) atoms. The molecule has 0 saturated carbocycles. The van der Waals surface area contributed by atoms with E-state index in [0.717, 1.165) is 0 Å². The Morgan fingerprint density at radius 1 is 1.42 bits per heavy atom. The molecule has 5 nitrogen and oxygen atoms in total. The summed E-state index contributed by atoms with van der Waals surface area (Å²) in [4.78, 5) is 11.3. The zero-order chi connectivity index (χ0) is 14.1. The van der Waals surface area contributed by atoms with Crippen LogP contribution in [-0.2, 0) is 4.79 Å². The van der Waals surface area contributed by atoms with E-state index in [0.29, 0.717) is 23.7 Å². The molecule has 0 bridgehead atoms. The minimum atomic E-state index is -0.315. The third kappa shape index (κ3) is 4.61. The zero-order valence-corrected chi connectivity index (χ0v) is 10.6. The summed E-state index contributed by atoms with van der Waals surface area (Å²) in [5.74, 6) is 2.83. The standard InChI is InChI=1S/C14H14N2O3/c1-3-7-16-14(17)10-19-12-6-5-11(9-15)8-13(12)18-4-2/h1,5-6,8H,4,7,10H2,2H3,(H,16,17). The van der Waals surface area contributed by atoms with Crippen LogP contribution in [0.2, 0.25) is 0 Å². The molecular formula is C14H14N2O3. The fraction of sp³-hybridized carbons (Fsp3) is 0.286. The summed E-state index contributed by atoms with van der Waals surface area (Å²) >= 11 is 0. The predicted molar refractivity (Wildman–Crippen MR) is 69.7 cm³/mol. The summed E-state index contributed by atoms with van der Waals surface area (Å²) in [6.07, 6.45) is 5.02. The lowest BCUT2D eigenvalue weighted by Gasteiger charge is -2.11. The van der Waals surface area contributed by atoms with Crippen molar-refractivity contribution in [1.29, 1.82) is 5.26 Å². The van der Waals surface area contributed by atoms with Gasteiger partial charge in [-0.1, -0.05) is 5.92 Å². The molecule has 0 saturated heterocycles. The number of nitrogens with zero attached hydrogens (tertiary/aromatic N) is 1. The third-order valence-electron chi connectivity index (χ3n) is 2.12. The highest BCUT2D eigenvalue weighted by atomic mass is 16.5. The molecule has 0 spiro atoms. The Labute approximate surface area is 112 Å². The lowest BCUT2D eigenvalue weighted by atomic mass is 10.2. The normalized spacial score (nSPS) is 9.00. The first-order valence-corrected chi connectivity index (χ1v) is 5.71. The average Bonchev–Trinajstić information content (AvgIpc) is 2.43. The molecule has 0 radical (unpaired) electrons. The van der Waals surface area contributed by atoms with E-state index < -0.39 is 0 Å². The number of terminal acetylenes is 1. The van der Waals surface area contributed by atoms with E-state index in [1.54, 1.807) is 18.2 Å². The monoisotopic (exact) mass is 258 g/mol. The Morgan fingerprint density at radius 2 is 2.21 bits per heavy atom. The van der Waals surface area contributed by atoms with Crippen molar-refractivity contribution in [3.8, 4) is 29.9 Å². The Morgan fingerprint density at radius 3 is 2.84 bits per heavy atom. The quantitative estimate of drug-likeness (QED) is 0.775. The van der Waals surface area contributed by atoms with Gasteiger partial charge in [0, 0.05) is 6.07 Å². The van der Waals surface area contributed by atoms with Crippen LogP contribution in [0.3, 0.4) is 0 Å². The van der Waals surface area contributed by atoms with Crippen molar-refractivity contribution in [3.05, 3.63) is 23.8 Å². The smallest absolute Gasteiger partial charge is 0.258 e. The SMILES string of the molecule is C#CCNC(=O)COc1ccc(C#N)cc1OCC. The number of ether oxygens (including phenoxy) is 2. The lowest BCUT2D eigenvalue weighted by Crippen LogP contribution is -2.29. The van der Waals surface area contributed by atoms with E-state index in [1.807, 2.05) is 13.0 Å². The first-order valence-electron chi connectivity index (χ1n) is 5.71. The maximum Gasteiger partial charge on any atom is 0.258 e. The number of hydrogen-bond donors (Lipinski definition) is 1. The lowest BCUT2D eigenvalue weighted by molar-refractivity contribution is -0.122. The molecular weight excluding hydrogens is 244 g/mol. The van der Waals surface area contributed by atoms with Gasteiger partial charge in [-0.25, -0.2) is 0 Å². The topological polar surface area (TPSA) is 71.3 Å². The second-order valence-electron chi connectivity index (χ2n) is 3.48. The third-order valence-corrected chi connectivity index (χ3v) is 2.12. The number of carbonyl (C=O) groups excluding carboxylic acids is 1. The molecule has 0 aromatic heterocycles. The number of carbonyl (C=O) groups is 1. The molecule has 0 heterocycles. The summed E-state index contributed by atoms with van der Waals surface area (Å²) in [5.41, 5.74) is 0.465. The van der Waals surface area contributed by atoms with Crippen LogP contribution in [0, 0.1) is 23.7 Å². The maximum atomic E-state index is 11.3. The van der Waals surface area contributed by atoms with Crippen molar-refractivity contribution in [2.75, 3.05) is 19.8 Å². The van der Waals surface area contributed by atoms with Crippen molar-refractivity contribution in [2.45, 2.75) is 6.92 Å². The molecule has 1 amide bonds. The Hall–Kier alpha value is -2.66. The van der Waals surface area contributed by atoms with Gasteiger partial charge in [-0.3, -0.25) is 4.79 Å². The summed E-state index contributed by atoms with van der Waals surface area (Å²) in [6.45, 7) is 2.26. The van der Waals surface area contributed by atoms with Crippen molar-refractivity contribution in [1.82, 2.24) is 5.32 Å². The fourth-order valence-electron chi connectivity index (χ4n) is 1.31. The first kappa shape index (κ1) is 14.4. The van der Waals surface area contributed by atoms with E-state index in [1.165, 1.54) is 0 Å². The maximum absolute atomic E-state index is 11.3. The van der Waals surface area contributed by atoms with Crippen LogP contribution >= 0.6 is 0 Å². The second-order valence-corrected chi connectivity index (χ2v) is 3.48. The molecule has 1 aromatic rings. The molecule has 0 atom stereocenters. The Balaban J connectivity index is 2.70. The molecule has 0 unspecified atom stereocenters. The molecule has 5 heteroatoms. The van der Waals surface area contributed by atoms with E-state index in [4.69, 9.17) is 21.2 Å². The van der Waals surface area contributed by atoms with E-state index in [2.05, 4.69) is 11.2 Å². The number of benzene rings is 1. The van der Waals surface area contributed by atoms with Crippen molar-refractivity contribution >= 4 is 5.91 Å². The summed E-state index contributed by atoms with van der Waals surface area (Å²) < 4.78 is 10.7. The molecule has 98 valence electrons. The largest absolute Gasteiger partial charge is 0.490 e. The van der Waals surface area contributed by atoms with Gasteiger partial charge in [-0.05, 0) is 19.1 Å². The number of rotatable bonds is 6. The molecule has 1 rings (SSSR count). The average molecular weight is 258 g/mol. The van der Waals surface area contributed by atoms with Crippen LogP contribution in [0.25, 0.3) is 0 Å². The molecule has 1 N–H and O–H groups in total. The molecule has 0 fully saturated rings. The second kappa shape index (κ2) is 7.62. The zero-order valence-electron chi connectivity index (χ0n) is 10.6. The molecule has 0 aliphatic carbocycles. The van der Waals surface area contributed by atoms with Crippen LogP contribution in [-0.4, -0.2) is 25.7 Å². The van der Waals surface area contributed by atoms with E-state index in [-0.39, 0.29) is 19.1 Å². The van der Waals surface area contributed by atoms with E-state index in [9.17, 15) is 4.79 Å². The van der Waals surface area contributed by atoms with Gasteiger partial charge in [0.25, 0.3) is 5.91 Å². The van der Waals surface area contributed by atoms with Gasteiger partial charge in [-0.2, -0.15) is 5.26 Å². The highest BCUT2D eigenvalue weighted by Gasteiger charge is 2.08. The van der Waals surface area contributed by atoms with Gasteiger partial charge in [-0.15, -0.1) is 6.42 Å². The number of nitrogens with one attached hydrogen (secondary N) is 1. The van der Waals surface area contributed by atoms with Gasteiger partial charge in [0.15, 0.2) is 18.1 Å². The van der Waals surface area contributed by atoms with Gasteiger partial charge < -0.3 is 14.8 Å². The van der Waals surface area contributed by atoms with Gasteiger partial charge in [0.05, 0.1) is 24.8 Å². The van der Waals surface area contributed by atoms with Gasteiger partial charge in [0.2, 0.25) is 0 Å². The first-order chi connectivity index (χ1) is 9.21. The summed E-state index contributed by atoms with van der Waals surface area (Å²) in [7, 11) is 0. The highest BCUT2D eigenvalue weighted by molar-refractivity contribution is 5.77. The fourth-order valence-corrected chi connectivity index (χ4v) is 1.31. The van der Waals surface area contributed by atoms with Crippen molar-refractivity contribution < 1.29 is 14.3 Å². The van der Waals surface area contributed by atoms with Crippen LogP contribution in [0.4, 0.5) is 0 Å². The molecule has 0 aliphatic heterocycles. The van der Waals surface area contributed by atoms with Crippen LogP contribution in [0.15, 0.2) is 18.2 Å². The summed E-state index contributed by atoms with van der Waals surface area (Å²) in [6, 6.07) is 6.77. The van der Waals surface area contributed by atoms with E-state index >= 15 is 0 Å². The Kier molecular flexibility index (Phi) is 5.78. The minimum absolute atomic E-state index is 0.159. The van der Waals surface area contributed by atoms with Crippen LogP contribution in [0.5, 0.6) is 11.5 Å². The number of nitriles is 1. The molecule has 1 aromatic carbocycles.